The second-order valence-corrected chi connectivity index (χ2v) is 7.62. The molecule has 30 heavy (non-hydrogen) atoms. The van der Waals surface area contributed by atoms with E-state index in [0.29, 0.717) is 17.4 Å². The Kier molecular flexibility index (Phi) is 5.02. The van der Waals surface area contributed by atoms with E-state index in [2.05, 4.69) is 9.88 Å². The number of nitrogen functional groups attached to an aromatic ring is 1. The van der Waals surface area contributed by atoms with Gasteiger partial charge in [-0.2, -0.15) is 0 Å². The third kappa shape index (κ3) is 3.48. The van der Waals surface area contributed by atoms with Gasteiger partial charge in [-0.1, -0.05) is 11.1 Å². The fourth-order valence-electron chi connectivity index (χ4n) is 4.20. The van der Waals surface area contributed by atoms with Gasteiger partial charge in [0.15, 0.2) is 0 Å². The number of phenols is 1. The van der Waals surface area contributed by atoms with Crippen LogP contribution >= 0.6 is 0 Å². The molecule has 0 spiro atoms. The van der Waals surface area contributed by atoms with Crippen LogP contribution in [-0.4, -0.2) is 47.8 Å². The number of morpholine rings is 1. The lowest BCUT2D eigenvalue weighted by atomic mass is 9.87. The van der Waals surface area contributed by atoms with Crippen molar-refractivity contribution in [3.8, 4) is 17.4 Å². The summed E-state index contributed by atoms with van der Waals surface area (Å²) < 4.78 is 19.1. The molecule has 156 valence electrons. The molecule has 0 unspecified atom stereocenters. The molecule has 2 aliphatic rings. The van der Waals surface area contributed by atoms with Crippen LogP contribution in [0.15, 0.2) is 47.3 Å². The normalized spacial score (nSPS) is 18.5. The standard InChI is InChI=1S/C22H24N4O4/c23-21-20-19(17-3-1-10-29-17)16-5-4-15(27)13-18(16)30-22(20)24-14-26(21)7-2-6-25-8-11-28-12-9-25/h1,3-5,10,13-14,19,23,27H,2,6-9,11-12H2/p+1/t19-/m1/s1. The Morgan fingerprint density at radius 2 is 2.10 bits per heavy atom. The highest BCUT2D eigenvalue weighted by Crippen LogP contribution is 2.48. The number of aryl methyl sites for hydroxylation is 1. The number of furan rings is 1. The maximum atomic E-state index is 9.89. The summed E-state index contributed by atoms with van der Waals surface area (Å²) in [4.78, 5) is 6.94. The number of aromatic hydroxyl groups is 1. The number of nitrogens with two attached hydrogens (primary N) is 1. The van der Waals surface area contributed by atoms with Gasteiger partial charge in [0, 0.05) is 31.3 Å². The van der Waals surface area contributed by atoms with E-state index in [4.69, 9.17) is 19.6 Å². The first-order valence-electron chi connectivity index (χ1n) is 10.2. The van der Waals surface area contributed by atoms with Crippen LogP contribution < -0.4 is 15.0 Å². The first-order valence-corrected chi connectivity index (χ1v) is 10.2. The number of benzene rings is 1. The average molecular weight is 409 g/mol. The summed E-state index contributed by atoms with van der Waals surface area (Å²) in [6, 6.07) is 8.86. The third-order valence-electron chi connectivity index (χ3n) is 5.74. The molecule has 1 atom stereocenters. The van der Waals surface area contributed by atoms with E-state index in [0.717, 1.165) is 62.7 Å². The van der Waals surface area contributed by atoms with Crippen LogP contribution in [0.5, 0.6) is 17.4 Å². The highest BCUT2D eigenvalue weighted by molar-refractivity contribution is 5.60. The molecule has 4 heterocycles. The minimum atomic E-state index is -0.251. The number of anilines is 1. The molecule has 1 fully saturated rings. The molecule has 8 nitrogen and oxygen atoms in total. The number of phenolic OH excluding ortho intramolecular Hbond substituents is 1. The Balaban J connectivity index is 1.46. The number of hydrogen-bond donors (Lipinski definition) is 2. The second-order valence-electron chi connectivity index (χ2n) is 7.62. The van der Waals surface area contributed by atoms with Gasteiger partial charge in [0.05, 0.1) is 31.9 Å². The van der Waals surface area contributed by atoms with E-state index in [9.17, 15) is 5.11 Å². The van der Waals surface area contributed by atoms with Crippen molar-refractivity contribution < 1.29 is 23.6 Å². The number of ether oxygens (including phenoxy) is 2. The molecule has 3 aromatic rings. The van der Waals surface area contributed by atoms with Crippen LogP contribution in [0, 0.1) is 0 Å². The lowest BCUT2D eigenvalue weighted by molar-refractivity contribution is -0.686. The van der Waals surface area contributed by atoms with Gasteiger partial charge in [-0.15, -0.1) is 0 Å². The van der Waals surface area contributed by atoms with E-state index in [1.54, 1.807) is 24.7 Å². The summed E-state index contributed by atoms with van der Waals surface area (Å²) in [5.74, 6) is 2.25. The molecule has 2 aromatic heterocycles. The van der Waals surface area contributed by atoms with Gasteiger partial charge < -0.3 is 24.7 Å². The van der Waals surface area contributed by atoms with E-state index in [1.165, 1.54) is 0 Å². The van der Waals surface area contributed by atoms with E-state index < -0.39 is 0 Å². The van der Waals surface area contributed by atoms with Crippen molar-refractivity contribution in [1.82, 2.24) is 9.88 Å². The number of rotatable bonds is 5. The van der Waals surface area contributed by atoms with Gasteiger partial charge >= 0.3 is 5.88 Å². The van der Waals surface area contributed by atoms with Crippen LogP contribution in [0.4, 0.5) is 5.82 Å². The monoisotopic (exact) mass is 409 g/mol. The van der Waals surface area contributed by atoms with Crippen molar-refractivity contribution in [1.29, 1.82) is 0 Å². The zero-order valence-electron chi connectivity index (χ0n) is 16.7. The van der Waals surface area contributed by atoms with Crippen LogP contribution in [-0.2, 0) is 11.3 Å². The van der Waals surface area contributed by atoms with Crippen molar-refractivity contribution in [3.63, 3.8) is 0 Å². The Labute approximate surface area is 174 Å². The predicted octanol–water partition coefficient (Wildman–Crippen LogP) is 2.26. The SMILES string of the molecule is Nc1c2c(nc[n+]1CCCN1CCOCC1)Oc1cc(O)ccc1[C@@H]2c1ccco1. The largest absolute Gasteiger partial charge is 0.508 e. The molecule has 5 rings (SSSR count). The Morgan fingerprint density at radius 1 is 1.23 bits per heavy atom. The fourth-order valence-corrected chi connectivity index (χ4v) is 4.20. The van der Waals surface area contributed by atoms with Crippen molar-refractivity contribution in [2.45, 2.75) is 18.9 Å². The summed E-state index contributed by atoms with van der Waals surface area (Å²) in [5, 5.41) is 9.89. The highest BCUT2D eigenvalue weighted by atomic mass is 16.5. The number of fused-ring (bicyclic) bond motifs is 2. The first-order chi connectivity index (χ1) is 14.7. The van der Waals surface area contributed by atoms with Gasteiger partial charge in [-0.25, -0.2) is 4.57 Å². The molecule has 0 amide bonds. The second kappa shape index (κ2) is 7.97. The highest BCUT2D eigenvalue weighted by Gasteiger charge is 2.37. The zero-order valence-corrected chi connectivity index (χ0v) is 16.7. The number of aromatic nitrogens is 2. The zero-order chi connectivity index (χ0) is 20.5. The van der Waals surface area contributed by atoms with Crippen molar-refractivity contribution in [2.75, 3.05) is 38.6 Å². The smallest absolute Gasteiger partial charge is 0.306 e. The van der Waals surface area contributed by atoms with Crippen molar-refractivity contribution >= 4 is 5.82 Å². The molecule has 3 N–H and O–H groups in total. The quantitative estimate of drug-likeness (QED) is 0.488. The lowest BCUT2D eigenvalue weighted by Crippen LogP contribution is -2.42. The van der Waals surface area contributed by atoms with Crippen LogP contribution in [0.3, 0.4) is 0 Å². The summed E-state index contributed by atoms with van der Waals surface area (Å²) in [6.45, 7) is 5.30. The topological polar surface area (TPSA) is 97.9 Å². The summed E-state index contributed by atoms with van der Waals surface area (Å²) in [7, 11) is 0. The summed E-state index contributed by atoms with van der Waals surface area (Å²) >= 11 is 0. The van der Waals surface area contributed by atoms with Crippen molar-refractivity contribution in [2.24, 2.45) is 0 Å². The van der Waals surface area contributed by atoms with E-state index >= 15 is 0 Å². The number of nitrogens with zero attached hydrogens (tertiary/aromatic N) is 3. The Bertz CT molecular complexity index is 1030. The Hall–Kier alpha value is -3.10. The maximum Gasteiger partial charge on any atom is 0.306 e. The van der Waals surface area contributed by atoms with Gasteiger partial charge in [0.25, 0.3) is 0 Å². The molecule has 2 aliphatic heterocycles. The average Bonchev–Trinajstić information content (AvgIpc) is 3.29. The molecular weight excluding hydrogens is 384 g/mol. The van der Waals surface area contributed by atoms with Gasteiger partial charge in [-0.3, -0.25) is 4.90 Å². The van der Waals surface area contributed by atoms with Crippen LogP contribution in [0.2, 0.25) is 0 Å². The van der Waals surface area contributed by atoms with Crippen LogP contribution in [0.1, 0.15) is 29.2 Å². The number of hydrogen-bond acceptors (Lipinski definition) is 7. The fraction of sp³-hybridized carbons (Fsp3) is 0.364. The molecule has 0 saturated carbocycles. The molecular formula is C22H25N4O4+. The summed E-state index contributed by atoms with van der Waals surface area (Å²) in [5.41, 5.74) is 8.30. The molecule has 0 radical (unpaired) electrons. The van der Waals surface area contributed by atoms with Gasteiger partial charge in [-0.05, 0) is 24.6 Å². The predicted molar refractivity (Wildman–Crippen MR) is 109 cm³/mol. The van der Waals surface area contributed by atoms with E-state index in [-0.39, 0.29) is 11.7 Å². The Morgan fingerprint density at radius 3 is 2.90 bits per heavy atom. The maximum absolute atomic E-state index is 9.89. The van der Waals surface area contributed by atoms with Gasteiger partial charge in [0.1, 0.15) is 22.8 Å². The third-order valence-corrected chi connectivity index (χ3v) is 5.74. The van der Waals surface area contributed by atoms with Crippen molar-refractivity contribution in [3.05, 3.63) is 59.8 Å². The van der Waals surface area contributed by atoms with Crippen LogP contribution in [0.25, 0.3) is 0 Å². The molecule has 1 aromatic carbocycles. The first kappa shape index (κ1) is 18.9. The van der Waals surface area contributed by atoms with Gasteiger partial charge in [0.2, 0.25) is 12.1 Å². The molecule has 0 aliphatic carbocycles. The lowest BCUT2D eigenvalue weighted by Gasteiger charge is -2.27. The molecule has 8 heteroatoms. The summed E-state index contributed by atoms with van der Waals surface area (Å²) in [6.07, 6.45) is 4.33. The minimum absolute atomic E-state index is 0.137. The molecule has 0 bridgehead atoms. The van der Waals surface area contributed by atoms with E-state index in [1.807, 2.05) is 22.8 Å². The minimum Gasteiger partial charge on any atom is -0.508 e. The molecule has 1 saturated heterocycles.